The van der Waals surface area contributed by atoms with Crippen LogP contribution in [0.2, 0.25) is 0 Å². The minimum Gasteiger partial charge on any atom is -0.315 e. The van der Waals surface area contributed by atoms with Crippen molar-refractivity contribution in [3.63, 3.8) is 0 Å². The van der Waals surface area contributed by atoms with Crippen molar-refractivity contribution < 1.29 is 0 Å². The van der Waals surface area contributed by atoms with E-state index in [-0.39, 0.29) is 0 Å². The number of thioether (sulfide) groups is 1. The molecule has 1 saturated carbocycles. The number of tetrazole rings is 1. The summed E-state index contributed by atoms with van der Waals surface area (Å²) in [5, 5.41) is 16.6. The normalized spacial score (nSPS) is 18.0. The van der Waals surface area contributed by atoms with Crippen LogP contribution in [0.15, 0.2) is 5.16 Å². The highest BCUT2D eigenvalue weighted by atomic mass is 32.2. The first-order valence-corrected chi connectivity index (χ1v) is 8.44. The van der Waals surface area contributed by atoms with E-state index in [0.717, 1.165) is 17.5 Å². The third kappa shape index (κ3) is 4.45. The lowest BCUT2D eigenvalue weighted by molar-refractivity contribution is 0.423. The molecule has 0 saturated heterocycles. The van der Waals surface area contributed by atoms with Crippen LogP contribution in [0.3, 0.4) is 0 Å². The fourth-order valence-corrected chi connectivity index (χ4v) is 3.57. The number of hydrogen-bond acceptors (Lipinski definition) is 5. The van der Waals surface area contributed by atoms with Crippen molar-refractivity contribution >= 4 is 11.8 Å². The molecule has 1 heterocycles. The largest absolute Gasteiger partial charge is 0.315 e. The Kier molecular flexibility index (Phi) is 6.10. The van der Waals surface area contributed by atoms with E-state index in [1.54, 1.807) is 11.8 Å². The molecular weight excluding hydrogens is 258 g/mol. The Morgan fingerprint density at radius 3 is 2.95 bits per heavy atom. The first-order valence-electron chi connectivity index (χ1n) is 7.45. The summed E-state index contributed by atoms with van der Waals surface area (Å²) in [5.41, 5.74) is 0. The summed E-state index contributed by atoms with van der Waals surface area (Å²) in [6.07, 6.45) is 7.51. The summed E-state index contributed by atoms with van der Waals surface area (Å²) in [6.45, 7) is 5.45. The van der Waals surface area contributed by atoms with Crippen LogP contribution in [0.4, 0.5) is 0 Å². The molecule has 6 heteroatoms. The topological polar surface area (TPSA) is 55.6 Å². The molecule has 1 fully saturated rings. The maximum Gasteiger partial charge on any atom is 0.209 e. The van der Waals surface area contributed by atoms with Crippen molar-refractivity contribution in [3.8, 4) is 0 Å². The van der Waals surface area contributed by atoms with Gasteiger partial charge in [0.15, 0.2) is 0 Å². The molecule has 1 unspecified atom stereocenters. The molecule has 0 bridgehead atoms. The van der Waals surface area contributed by atoms with E-state index in [4.69, 9.17) is 0 Å². The van der Waals surface area contributed by atoms with Crippen LogP contribution in [0.25, 0.3) is 0 Å². The quantitative estimate of drug-likeness (QED) is 0.587. The zero-order valence-corrected chi connectivity index (χ0v) is 12.8. The van der Waals surface area contributed by atoms with Crippen LogP contribution >= 0.6 is 11.8 Å². The van der Waals surface area contributed by atoms with Gasteiger partial charge in [0.05, 0.1) is 6.04 Å². The summed E-state index contributed by atoms with van der Waals surface area (Å²) in [4.78, 5) is 0. The first-order chi connectivity index (χ1) is 9.31. The SMILES string of the molecule is CCNC(C)CCCSc1nnnn1C1CCCC1. The lowest BCUT2D eigenvalue weighted by Crippen LogP contribution is -2.25. The van der Waals surface area contributed by atoms with Gasteiger partial charge in [-0.25, -0.2) is 4.68 Å². The second-order valence-electron chi connectivity index (χ2n) is 5.29. The van der Waals surface area contributed by atoms with Crippen molar-refractivity contribution in [1.82, 2.24) is 25.5 Å². The highest BCUT2D eigenvalue weighted by molar-refractivity contribution is 7.99. The van der Waals surface area contributed by atoms with E-state index in [1.165, 1.54) is 38.5 Å². The Hall–Kier alpha value is -0.620. The molecule has 0 amide bonds. The molecule has 1 atom stereocenters. The lowest BCUT2D eigenvalue weighted by atomic mass is 10.2. The van der Waals surface area contributed by atoms with Crippen molar-refractivity contribution in [2.24, 2.45) is 0 Å². The fourth-order valence-electron chi connectivity index (χ4n) is 2.66. The molecule has 1 aliphatic rings. The Bertz CT molecular complexity index is 362. The molecule has 2 rings (SSSR count). The summed E-state index contributed by atoms with van der Waals surface area (Å²) >= 11 is 1.80. The highest BCUT2D eigenvalue weighted by Gasteiger charge is 2.21. The standard InChI is InChI=1S/C13H25N5S/c1-3-14-11(2)7-6-10-19-13-15-16-17-18(13)12-8-4-5-9-12/h11-12,14H,3-10H2,1-2H3. The number of rotatable bonds is 8. The Morgan fingerprint density at radius 2 is 2.21 bits per heavy atom. The number of aromatic nitrogens is 4. The van der Waals surface area contributed by atoms with Crippen LogP contribution < -0.4 is 5.32 Å². The number of nitrogens with one attached hydrogen (secondary N) is 1. The number of nitrogens with zero attached hydrogens (tertiary/aromatic N) is 4. The molecule has 1 aliphatic carbocycles. The van der Waals surface area contributed by atoms with Gasteiger partial charge in [-0.1, -0.05) is 31.5 Å². The van der Waals surface area contributed by atoms with Gasteiger partial charge in [0.1, 0.15) is 0 Å². The van der Waals surface area contributed by atoms with Crippen molar-refractivity contribution in [1.29, 1.82) is 0 Å². The molecular formula is C13H25N5S. The molecule has 1 N–H and O–H groups in total. The molecule has 1 aromatic rings. The molecule has 0 aromatic carbocycles. The second kappa shape index (κ2) is 7.85. The van der Waals surface area contributed by atoms with Gasteiger partial charge in [-0.3, -0.25) is 0 Å². The van der Waals surface area contributed by atoms with Gasteiger partial charge >= 0.3 is 0 Å². The van der Waals surface area contributed by atoms with Gasteiger partial charge in [0.2, 0.25) is 5.16 Å². The maximum absolute atomic E-state index is 4.16. The zero-order chi connectivity index (χ0) is 13.5. The fraction of sp³-hybridized carbons (Fsp3) is 0.923. The van der Waals surface area contributed by atoms with Crippen LogP contribution in [-0.2, 0) is 0 Å². The maximum atomic E-state index is 4.16. The smallest absolute Gasteiger partial charge is 0.209 e. The summed E-state index contributed by atoms with van der Waals surface area (Å²) in [7, 11) is 0. The average Bonchev–Trinajstić information content (AvgIpc) is 3.05. The second-order valence-corrected chi connectivity index (χ2v) is 6.36. The van der Waals surface area contributed by atoms with E-state index in [0.29, 0.717) is 12.1 Å². The molecule has 0 aliphatic heterocycles. The molecule has 5 nitrogen and oxygen atoms in total. The summed E-state index contributed by atoms with van der Waals surface area (Å²) < 4.78 is 2.05. The van der Waals surface area contributed by atoms with E-state index < -0.39 is 0 Å². The molecule has 108 valence electrons. The van der Waals surface area contributed by atoms with E-state index in [1.807, 2.05) is 4.68 Å². The third-order valence-corrected chi connectivity index (χ3v) is 4.72. The van der Waals surface area contributed by atoms with Crippen LogP contribution in [0.1, 0.15) is 58.4 Å². The minimum atomic E-state index is 0.540. The van der Waals surface area contributed by atoms with Crippen molar-refractivity contribution in [2.45, 2.75) is 69.6 Å². The predicted octanol–water partition coefficient (Wildman–Crippen LogP) is 2.66. The summed E-state index contributed by atoms with van der Waals surface area (Å²) in [6, 6.07) is 1.15. The Morgan fingerprint density at radius 1 is 1.42 bits per heavy atom. The molecule has 1 aromatic heterocycles. The average molecular weight is 283 g/mol. The number of hydrogen-bond donors (Lipinski definition) is 1. The van der Waals surface area contributed by atoms with Gasteiger partial charge in [-0.2, -0.15) is 0 Å². The summed E-state index contributed by atoms with van der Waals surface area (Å²) in [5.74, 6) is 1.10. The lowest BCUT2D eigenvalue weighted by Gasteiger charge is -2.12. The van der Waals surface area contributed by atoms with Crippen molar-refractivity contribution in [2.75, 3.05) is 12.3 Å². The Balaban J connectivity index is 1.72. The van der Waals surface area contributed by atoms with Gasteiger partial charge in [0.25, 0.3) is 0 Å². The van der Waals surface area contributed by atoms with Gasteiger partial charge in [-0.15, -0.1) is 5.10 Å². The van der Waals surface area contributed by atoms with Crippen LogP contribution in [-0.4, -0.2) is 38.5 Å². The molecule has 19 heavy (non-hydrogen) atoms. The third-order valence-electron chi connectivity index (χ3n) is 3.70. The zero-order valence-electron chi connectivity index (χ0n) is 12.0. The van der Waals surface area contributed by atoms with Gasteiger partial charge in [-0.05, 0) is 49.6 Å². The van der Waals surface area contributed by atoms with Gasteiger partial charge < -0.3 is 5.32 Å². The van der Waals surface area contributed by atoms with Crippen LogP contribution in [0.5, 0.6) is 0 Å². The highest BCUT2D eigenvalue weighted by Crippen LogP contribution is 2.31. The van der Waals surface area contributed by atoms with E-state index in [2.05, 4.69) is 34.7 Å². The monoisotopic (exact) mass is 283 g/mol. The van der Waals surface area contributed by atoms with Crippen molar-refractivity contribution in [3.05, 3.63) is 0 Å². The predicted molar refractivity (Wildman–Crippen MR) is 78.4 cm³/mol. The molecule has 0 spiro atoms. The Labute approximate surface area is 119 Å². The minimum absolute atomic E-state index is 0.540. The van der Waals surface area contributed by atoms with E-state index in [9.17, 15) is 0 Å². The molecule has 0 radical (unpaired) electrons. The first kappa shape index (κ1) is 14.8. The van der Waals surface area contributed by atoms with Crippen LogP contribution in [0, 0.1) is 0 Å². The van der Waals surface area contributed by atoms with E-state index >= 15 is 0 Å². The van der Waals surface area contributed by atoms with Gasteiger partial charge in [0, 0.05) is 11.8 Å².